The summed E-state index contributed by atoms with van der Waals surface area (Å²) in [7, 11) is 0. The van der Waals surface area contributed by atoms with Crippen molar-refractivity contribution in [3.8, 4) is 0 Å². The highest BCUT2D eigenvalue weighted by molar-refractivity contribution is 6.16. The molecule has 0 aromatic carbocycles. The van der Waals surface area contributed by atoms with E-state index in [2.05, 4.69) is 14.8 Å². The van der Waals surface area contributed by atoms with Gasteiger partial charge in [0.15, 0.2) is 0 Å². The zero-order chi connectivity index (χ0) is 12.5. The first kappa shape index (κ1) is 11.5. The SMILES string of the molecule is [C-]#[N+]c1cc2nc(CCl)n(C[C@H]3CCO3)c2cn1. The number of hydrogen-bond donors (Lipinski definition) is 0. The molecule has 2 aromatic heterocycles. The van der Waals surface area contributed by atoms with Crippen molar-refractivity contribution in [2.45, 2.75) is 24.9 Å². The molecule has 92 valence electrons. The third kappa shape index (κ3) is 1.84. The summed E-state index contributed by atoms with van der Waals surface area (Å²) >= 11 is 5.92. The molecule has 0 N–H and O–H groups in total. The molecular weight excluding hydrogens is 252 g/mol. The van der Waals surface area contributed by atoms with E-state index < -0.39 is 0 Å². The molecule has 0 bridgehead atoms. The van der Waals surface area contributed by atoms with E-state index in [1.54, 1.807) is 12.3 Å². The molecule has 2 aromatic rings. The molecule has 1 atom stereocenters. The van der Waals surface area contributed by atoms with Gasteiger partial charge in [-0.1, -0.05) is 6.57 Å². The van der Waals surface area contributed by atoms with E-state index in [4.69, 9.17) is 22.9 Å². The Balaban J connectivity index is 2.06. The normalized spacial score (nSPS) is 18.6. The van der Waals surface area contributed by atoms with Gasteiger partial charge in [0.1, 0.15) is 17.5 Å². The second kappa shape index (κ2) is 4.56. The van der Waals surface area contributed by atoms with Gasteiger partial charge >= 0.3 is 0 Å². The van der Waals surface area contributed by atoms with Crippen LogP contribution in [0.5, 0.6) is 0 Å². The van der Waals surface area contributed by atoms with Crippen LogP contribution in [-0.4, -0.2) is 27.2 Å². The number of hydrogen-bond acceptors (Lipinski definition) is 3. The topological polar surface area (TPSA) is 44.3 Å². The van der Waals surface area contributed by atoms with Gasteiger partial charge in [-0.25, -0.2) is 4.98 Å². The Morgan fingerprint density at radius 1 is 1.61 bits per heavy atom. The quantitative estimate of drug-likeness (QED) is 0.631. The highest BCUT2D eigenvalue weighted by Crippen LogP contribution is 2.23. The predicted octanol–water partition coefficient (Wildman–Crippen LogP) is 2.51. The monoisotopic (exact) mass is 262 g/mol. The molecular formula is C12H11ClN4O. The van der Waals surface area contributed by atoms with Gasteiger partial charge in [0, 0.05) is 6.61 Å². The summed E-state index contributed by atoms with van der Waals surface area (Å²) in [5.41, 5.74) is 1.68. The summed E-state index contributed by atoms with van der Waals surface area (Å²) in [4.78, 5) is 11.8. The lowest BCUT2D eigenvalue weighted by Gasteiger charge is -2.27. The Morgan fingerprint density at radius 3 is 3.06 bits per heavy atom. The average Bonchev–Trinajstić information content (AvgIpc) is 2.70. The van der Waals surface area contributed by atoms with Crippen molar-refractivity contribution in [3.05, 3.63) is 29.5 Å². The first-order chi connectivity index (χ1) is 8.81. The Kier molecular flexibility index (Phi) is 2.90. The molecule has 0 amide bonds. The van der Waals surface area contributed by atoms with Crippen LogP contribution in [0.15, 0.2) is 12.3 Å². The molecule has 0 aliphatic carbocycles. The summed E-state index contributed by atoms with van der Waals surface area (Å²) in [6, 6.07) is 1.69. The fourth-order valence-corrected chi connectivity index (χ4v) is 2.27. The van der Waals surface area contributed by atoms with Crippen molar-refractivity contribution in [2.75, 3.05) is 6.61 Å². The molecule has 0 unspecified atom stereocenters. The van der Waals surface area contributed by atoms with E-state index in [1.165, 1.54) is 0 Å². The van der Waals surface area contributed by atoms with Gasteiger partial charge in [0.05, 0.1) is 24.0 Å². The van der Waals surface area contributed by atoms with Gasteiger partial charge < -0.3 is 14.1 Å². The first-order valence-electron chi connectivity index (χ1n) is 5.72. The number of fused-ring (bicyclic) bond motifs is 1. The second-order valence-electron chi connectivity index (χ2n) is 4.20. The summed E-state index contributed by atoms with van der Waals surface area (Å²) in [5, 5.41) is 0. The molecule has 18 heavy (non-hydrogen) atoms. The zero-order valence-electron chi connectivity index (χ0n) is 9.64. The molecule has 1 fully saturated rings. The van der Waals surface area contributed by atoms with Crippen LogP contribution in [0.2, 0.25) is 0 Å². The lowest BCUT2D eigenvalue weighted by molar-refractivity contribution is -0.0589. The molecule has 3 rings (SSSR count). The lowest BCUT2D eigenvalue weighted by atomic mass is 10.2. The molecule has 0 spiro atoms. The Labute approximate surface area is 109 Å². The van der Waals surface area contributed by atoms with Crippen molar-refractivity contribution in [3.63, 3.8) is 0 Å². The highest BCUT2D eigenvalue weighted by atomic mass is 35.5. The molecule has 5 nitrogen and oxygen atoms in total. The van der Waals surface area contributed by atoms with Crippen molar-refractivity contribution < 1.29 is 4.74 Å². The largest absolute Gasteiger partial charge is 0.376 e. The predicted molar refractivity (Wildman–Crippen MR) is 67.7 cm³/mol. The van der Waals surface area contributed by atoms with Crippen LogP contribution in [0.1, 0.15) is 12.2 Å². The number of nitrogens with zero attached hydrogens (tertiary/aromatic N) is 4. The minimum atomic E-state index is 0.241. The Hall–Kier alpha value is -1.64. The van der Waals surface area contributed by atoms with Crippen molar-refractivity contribution in [1.82, 2.24) is 14.5 Å². The van der Waals surface area contributed by atoms with Crippen LogP contribution >= 0.6 is 11.6 Å². The summed E-state index contributed by atoms with van der Waals surface area (Å²) < 4.78 is 7.47. The number of pyridine rings is 1. The van der Waals surface area contributed by atoms with E-state index in [9.17, 15) is 0 Å². The van der Waals surface area contributed by atoms with Gasteiger partial charge in [-0.05, 0) is 12.5 Å². The second-order valence-corrected chi connectivity index (χ2v) is 4.46. The Bertz CT molecular complexity index is 627. The zero-order valence-corrected chi connectivity index (χ0v) is 10.4. The molecule has 1 aliphatic rings. The van der Waals surface area contributed by atoms with Gasteiger partial charge in [-0.15, -0.1) is 16.6 Å². The summed E-state index contributed by atoms with van der Waals surface area (Å²) in [5.74, 6) is 1.49. The third-order valence-corrected chi connectivity index (χ3v) is 3.35. The minimum Gasteiger partial charge on any atom is -0.376 e. The van der Waals surface area contributed by atoms with Crippen LogP contribution in [-0.2, 0) is 17.2 Å². The average molecular weight is 263 g/mol. The number of alkyl halides is 1. The maximum atomic E-state index is 6.96. The van der Waals surface area contributed by atoms with Gasteiger partial charge in [-0.3, -0.25) is 0 Å². The maximum Gasteiger partial charge on any atom is 0.271 e. The summed E-state index contributed by atoms with van der Waals surface area (Å²) in [6.45, 7) is 8.53. The van der Waals surface area contributed by atoms with Crippen LogP contribution < -0.4 is 0 Å². The fraction of sp³-hybridized carbons (Fsp3) is 0.417. The fourth-order valence-electron chi connectivity index (χ4n) is 2.06. The maximum absolute atomic E-state index is 6.96. The van der Waals surface area contributed by atoms with Crippen molar-refractivity contribution >= 4 is 28.5 Å². The number of halogens is 1. The lowest BCUT2D eigenvalue weighted by Crippen LogP contribution is -2.31. The van der Waals surface area contributed by atoms with Gasteiger partial charge in [0.25, 0.3) is 5.82 Å². The van der Waals surface area contributed by atoms with Gasteiger partial charge in [-0.2, -0.15) is 0 Å². The molecule has 1 saturated heterocycles. The van der Waals surface area contributed by atoms with Crippen molar-refractivity contribution in [2.24, 2.45) is 0 Å². The molecule has 3 heterocycles. The molecule has 1 aliphatic heterocycles. The van der Waals surface area contributed by atoms with E-state index in [0.29, 0.717) is 11.7 Å². The highest BCUT2D eigenvalue weighted by Gasteiger charge is 2.22. The molecule has 0 saturated carbocycles. The van der Waals surface area contributed by atoms with E-state index in [0.717, 1.165) is 36.4 Å². The number of aromatic nitrogens is 3. The van der Waals surface area contributed by atoms with Crippen molar-refractivity contribution in [1.29, 1.82) is 0 Å². The smallest absolute Gasteiger partial charge is 0.271 e. The minimum absolute atomic E-state index is 0.241. The number of ether oxygens (including phenoxy) is 1. The summed E-state index contributed by atoms with van der Waals surface area (Å²) in [6.07, 6.45) is 2.99. The number of imidazole rings is 1. The third-order valence-electron chi connectivity index (χ3n) is 3.11. The van der Waals surface area contributed by atoms with Gasteiger partial charge in [0.2, 0.25) is 0 Å². The van der Waals surface area contributed by atoms with Crippen LogP contribution in [0.4, 0.5) is 5.82 Å². The standard InChI is InChI=1S/C12H11ClN4O/c1-14-11-4-9-10(6-15-11)17(12(5-13)16-9)7-8-2-3-18-8/h4,6,8H,2-3,5,7H2/t8-/m1/s1. The van der Waals surface area contributed by atoms with E-state index in [1.807, 2.05) is 4.57 Å². The Morgan fingerprint density at radius 2 is 2.44 bits per heavy atom. The van der Waals surface area contributed by atoms with E-state index in [-0.39, 0.29) is 6.10 Å². The van der Waals surface area contributed by atoms with Crippen LogP contribution in [0, 0.1) is 6.57 Å². The first-order valence-corrected chi connectivity index (χ1v) is 6.25. The molecule has 6 heteroatoms. The number of rotatable bonds is 3. The van der Waals surface area contributed by atoms with Crippen LogP contribution in [0.3, 0.4) is 0 Å². The van der Waals surface area contributed by atoms with Crippen LogP contribution in [0.25, 0.3) is 15.9 Å². The van der Waals surface area contributed by atoms with E-state index >= 15 is 0 Å². The molecule has 0 radical (unpaired) electrons.